The first kappa shape index (κ1) is 12.8. The summed E-state index contributed by atoms with van der Waals surface area (Å²) in [6, 6.07) is 14.5. The molecular formula is C17H17N3. The zero-order valence-corrected chi connectivity index (χ0v) is 11.5. The summed E-state index contributed by atoms with van der Waals surface area (Å²) in [4.78, 5) is 8.72. The molecule has 100 valence electrons. The number of hydrogen-bond acceptors (Lipinski definition) is 3. The predicted molar refractivity (Wildman–Crippen MR) is 81.3 cm³/mol. The summed E-state index contributed by atoms with van der Waals surface area (Å²) in [5.74, 6) is 0. The Balaban J connectivity index is 1.67. The molecule has 1 N–H and O–H groups in total. The Morgan fingerprint density at radius 2 is 1.80 bits per heavy atom. The van der Waals surface area contributed by atoms with Gasteiger partial charge in [0.1, 0.15) is 0 Å². The summed E-state index contributed by atoms with van der Waals surface area (Å²) in [6.07, 6.45) is 3.66. The van der Waals surface area contributed by atoms with Gasteiger partial charge in [0.15, 0.2) is 0 Å². The number of nitrogens with one attached hydrogen (secondary N) is 1. The number of fused-ring (bicyclic) bond motifs is 1. The first-order valence-electron chi connectivity index (χ1n) is 6.78. The van der Waals surface area contributed by atoms with Crippen LogP contribution in [0.3, 0.4) is 0 Å². The van der Waals surface area contributed by atoms with Crippen molar-refractivity contribution in [1.29, 1.82) is 0 Å². The van der Waals surface area contributed by atoms with Crippen molar-refractivity contribution < 1.29 is 0 Å². The van der Waals surface area contributed by atoms with Crippen LogP contribution < -0.4 is 5.32 Å². The third-order valence-electron chi connectivity index (χ3n) is 3.41. The van der Waals surface area contributed by atoms with E-state index in [-0.39, 0.29) is 0 Å². The standard InChI is InChI=1S/C17H17N3/c1-13-4-2-8-20-17(13)12-18-11-14-6-7-16-15(10-14)5-3-9-19-16/h2-10,18H,11-12H2,1H3. The Hall–Kier alpha value is -2.26. The van der Waals surface area contributed by atoms with E-state index < -0.39 is 0 Å². The Morgan fingerprint density at radius 1 is 0.950 bits per heavy atom. The fourth-order valence-corrected chi connectivity index (χ4v) is 2.26. The molecule has 0 atom stereocenters. The molecule has 20 heavy (non-hydrogen) atoms. The average molecular weight is 263 g/mol. The van der Waals surface area contributed by atoms with Crippen molar-refractivity contribution in [2.75, 3.05) is 0 Å². The van der Waals surface area contributed by atoms with E-state index >= 15 is 0 Å². The third kappa shape index (κ3) is 2.83. The Morgan fingerprint density at radius 3 is 2.70 bits per heavy atom. The molecule has 0 aliphatic rings. The maximum atomic E-state index is 4.39. The van der Waals surface area contributed by atoms with Gasteiger partial charge < -0.3 is 5.32 Å². The van der Waals surface area contributed by atoms with Gasteiger partial charge in [0.25, 0.3) is 0 Å². The minimum Gasteiger partial charge on any atom is -0.307 e. The molecule has 3 nitrogen and oxygen atoms in total. The van der Waals surface area contributed by atoms with Crippen LogP contribution in [-0.2, 0) is 13.1 Å². The molecule has 0 bridgehead atoms. The minimum absolute atomic E-state index is 0.789. The SMILES string of the molecule is Cc1cccnc1CNCc1ccc2ncccc2c1. The van der Waals surface area contributed by atoms with E-state index in [1.807, 2.05) is 24.5 Å². The van der Waals surface area contributed by atoms with Crippen LogP contribution in [0.25, 0.3) is 10.9 Å². The summed E-state index contributed by atoms with van der Waals surface area (Å²) < 4.78 is 0. The first-order valence-corrected chi connectivity index (χ1v) is 6.78. The summed E-state index contributed by atoms with van der Waals surface area (Å²) in [6.45, 7) is 3.71. The maximum Gasteiger partial charge on any atom is 0.0702 e. The van der Waals surface area contributed by atoms with E-state index in [0.717, 1.165) is 24.3 Å². The lowest BCUT2D eigenvalue weighted by Crippen LogP contribution is -2.14. The molecule has 3 rings (SSSR count). The first-order chi connectivity index (χ1) is 9.83. The topological polar surface area (TPSA) is 37.8 Å². The van der Waals surface area contributed by atoms with Crippen LogP contribution in [0.2, 0.25) is 0 Å². The lowest BCUT2D eigenvalue weighted by molar-refractivity contribution is 0.677. The summed E-state index contributed by atoms with van der Waals surface area (Å²) >= 11 is 0. The Bertz CT molecular complexity index is 722. The second-order valence-corrected chi connectivity index (χ2v) is 4.90. The normalized spacial score (nSPS) is 10.8. The van der Waals surface area contributed by atoms with Crippen LogP contribution in [0, 0.1) is 6.92 Å². The number of rotatable bonds is 4. The van der Waals surface area contributed by atoms with Crippen LogP contribution >= 0.6 is 0 Å². The number of aromatic nitrogens is 2. The van der Waals surface area contributed by atoms with E-state index in [1.165, 1.54) is 16.5 Å². The minimum atomic E-state index is 0.789. The lowest BCUT2D eigenvalue weighted by Gasteiger charge is -2.07. The molecule has 0 amide bonds. The van der Waals surface area contributed by atoms with Gasteiger partial charge in [-0.2, -0.15) is 0 Å². The van der Waals surface area contributed by atoms with Gasteiger partial charge in [0, 0.05) is 30.9 Å². The van der Waals surface area contributed by atoms with Gasteiger partial charge in [-0.05, 0) is 42.3 Å². The molecule has 0 saturated carbocycles. The highest BCUT2D eigenvalue weighted by molar-refractivity contribution is 5.78. The molecular weight excluding hydrogens is 246 g/mol. The molecule has 3 aromatic rings. The highest BCUT2D eigenvalue weighted by Crippen LogP contribution is 2.13. The van der Waals surface area contributed by atoms with Crippen molar-refractivity contribution in [3.05, 3.63) is 71.7 Å². The number of aryl methyl sites for hydroxylation is 1. The summed E-state index contributed by atoms with van der Waals surface area (Å²) in [5, 5.41) is 4.62. The molecule has 1 aromatic carbocycles. The van der Waals surface area contributed by atoms with Crippen LogP contribution in [0.15, 0.2) is 54.9 Å². The van der Waals surface area contributed by atoms with E-state index in [9.17, 15) is 0 Å². The Labute approximate surface area is 118 Å². The van der Waals surface area contributed by atoms with Gasteiger partial charge in [-0.1, -0.05) is 18.2 Å². The zero-order chi connectivity index (χ0) is 13.8. The average Bonchev–Trinajstić information content (AvgIpc) is 2.49. The fraction of sp³-hybridized carbons (Fsp3) is 0.176. The monoisotopic (exact) mass is 263 g/mol. The van der Waals surface area contributed by atoms with Crippen LogP contribution in [0.5, 0.6) is 0 Å². The van der Waals surface area contributed by atoms with Crippen molar-refractivity contribution in [2.24, 2.45) is 0 Å². The van der Waals surface area contributed by atoms with Crippen LogP contribution in [-0.4, -0.2) is 9.97 Å². The lowest BCUT2D eigenvalue weighted by atomic mass is 10.1. The highest BCUT2D eigenvalue weighted by atomic mass is 14.9. The van der Waals surface area contributed by atoms with Crippen LogP contribution in [0.4, 0.5) is 0 Å². The molecule has 0 fully saturated rings. The molecule has 2 heterocycles. The second-order valence-electron chi connectivity index (χ2n) is 4.90. The van der Waals surface area contributed by atoms with Gasteiger partial charge in [-0.15, -0.1) is 0 Å². The molecule has 2 aromatic heterocycles. The molecule has 3 heteroatoms. The van der Waals surface area contributed by atoms with Gasteiger partial charge in [-0.3, -0.25) is 9.97 Å². The van der Waals surface area contributed by atoms with Gasteiger partial charge in [-0.25, -0.2) is 0 Å². The largest absolute Gasteiger partial charge is 0.307 e. The van der Waals surface area contributed by atoms with E-state index in [4.69, 9.17) is 0 Å². The van der Waals surface area contributed by atoms with Gasteiger partial charge in [0.05, 0.1) is 11.2 Å². The quantitative estimate of drug-likeness (QED) is 0.785. The smallest absolute Gasteiger partial charge is 0.0702 e. The highest BCUT2D eigenvalue weighted by Gasteiger charge is 2.00. The number of benzene rings is 1. The van der Waals surface area contributed by atoms with Crippen LogP contribution in [0.1, 0.15) is 16.8 Å². The van der Waals surface area contributed by atoms with Crippen molar-refractivity contribution in [2.45, 2.75) is 20.0 Å². The second kappa shape index (κ2) is 5.80. The van der Waals surface area contributed by atoms with E-state index in [2.05, 4.69) is 52.5 Å². The van der Waals surface area contributed by atoms with E-state index in [1.54, 1.807) is 0 Å². The number of nitrogens with zero attached hydrogens (tertiary/aromatic N) is 2. The van der Waals surface area contributed by atoms with Crippen molar-refractivity contribution >= 4 is 10.9 Å². The Kier molecular flexibility index (Phi) is 3.70. The van der Waals surface area contributed by atoms with Gasteiger partial charge >= 0.3 is 0 Å². The summed E-state index contributed by atoms with van der Waals surface area (Å²) in [5.41, 5.74) is 4.63. The predicted octanol–water partition coefficient (Wildman–Crippen LogP) is 3.23. The molecule has 0 spiro atoms. The molecule has 0 unspecified atom stereocenters. The van der Waals surface area contributed by atoms with E-state index in [0.29, 0.717) is 0 Å². The molecule has 0 saturated heterocycles. The summed E-state index contributed by atoms with van der Waals surface area (Å²) in [7, 11) is 0. The zero-order valence-electron chi connectivity index (χ0n) is 11.5. The number of pyridine rings is 2. The van der Waals surface area contributed by atoms with Crippen molar-refractivity contribution in [1.82, 2.24) is 15.3 Å². The third-order valence-corrected chi connectivity index (χ3v) is 3.41. The number of hydrogen-bond donors (Lipinski definition) is 1. The van der Waals surface area contributed by atoms with Crippen molar-refractivity contribution in [3.63, 3.8) is 0 Å². The van der Waals surface area contributed by atoms with Gasteiger partial charge in [0.2, 0.25) is 0 Å². The maximum absolute atomic E-state index is 4.39. The molecule has 0 aliphatic heterocycles. The molecule has 0 aliphatic carbocycles. The van der Waals surface area contributed by atoms with Crippen molar-refractivity contribution in [3.8, 4) is 0 Å². The molecule has 0 radical (unpaired) electrons. The fourth-order valence-electron chi connectivity index (χ4n) is 2.26.